The molecular formula is C16H13FN2O2S2. The minimum Gasteiger partial charge on any atom is -0.497 e. The topological polar surface area (TPSA) is 51.2 Å². The minimum absolute atomic E-state index is 0.148. The van der Waals surface area contributed by atoms with Gasteiger partial charge in [0.2, 0.25) is 5.91 Å². The third kappa shape index (κ3) is 4.00. The number of hydrogen-bond donors (Lipinski definition) is 1. The number of fused-ring (bicyclic) bond motifs is 1. The van der Waals surface area contributed by atoms with Gasteiger partial charge in [0.15, 0.2) is 5.13 Å². The van der Waals surface area contributed by atoms with Gasteiger partial charge >= 0.3 is 0 Å². The Bertz CT molecular complexity index is 834. The number of methoxy groups -OCH3 is 1. The van der Waals surface area contributed by atoms with Crippen molar-refractivity contribution in [2.75, 3.05) is 18.2 Å². The van der Waals surface area contributed by atoms with Gasteiger partial charge in [-0.05, 0) is 42.5 Å². The molecule has 23 heavy (non-hydrogen) atoms. The lowest BCUT2D eigenvalue weighted by molar-refractivity contribution is -0.113. The van der Waals surface area contributed by atoms with E-state index in [0.717, 1.165) is 20.9 Å². The second-order valence-electron chi connectivity index (χ2n) is 4.64. The predicted octanol–water partition coefficient (Wildman–Crippen LogP) is 4.17. The van der Waals surface area contributed by atoms with Gasteiger partial charge in [-0.3, -0.25) is 4.79 Å². The van der Waals surface area contributed by atoms with Crippen molar-refractivity contribution in [3.63, 3.8) is 0 Å². The van der Waals surface area contributed by atoms with Crippen molar-refractivity contribution >= 4 is 44.4 Å². The van der Waals surface area contributed by atoms with E-state index in [1.54, 1.807) is 19.2 Å². The lowest BCUT2D eigenvalue weighted by Gasteiger charge is -2.01. The van der Waals surface area contributed by atoms with Crippen molar-refractivity contribution in [2.24, 2.45) is 0 Å². The Labute approximate surface area is 140 Å². The zero-order valence-electron chi connectivity index (χ0n) is 12.2. The monoisotopic (exact) mass is 348 g/mol. The summed E-state index contributed by atoms with van der Waals surface area (Å²) in [5.74, 6) is 0.560. The summed E-state index contributed by atoms with van der Waals surface area (Å²) in [6.07, 6.45) is 0. The van der Waals surface area contributed by atoms with Crippen LogP contribution in [0.3, 0.4) is 0 Å². The number of hydrogen-bond acceptors (Lipinski definition) is 5. The Balaban J connectivity index is 1.62. The SMILES string of the molecule is COc1ccc2nc(NC(=O)CSc3ccc(F)cc3)sc2c1. The quantitative estimate of drug-likeness (QED) is 0.703. The highest BCUT2D eigenvalue weighted by atomic mass is 32.2. The molecule has 1 aromatic heterocycles. The van der Waals surface area contributed by atoms with Crippen LogP contribution < -0.4 is 10.1 Å². The van der Waals surface area contributed by atoms with Crippen molar-refractivity contribution in [1.29, 1.82) is 0 Å². The summed E-state index contributed by atoms with van der Waals surface area (Å²) in [6, 6.07) is 11.6. The van der Waals surface area contributed by atoms with E-state index in [2.05, 4.69) is 10.3 Å². The summed E-state index contributed by atoms with van der Waals surface area (Å²) in [6.45, 7) is 0. The van der Waals surface area contributed by atoms with E-state index < -0.39 is 0 Å². The molecular weight excluding hydrogens is 335 g/mol. The highest BCUT2D eigenvalue weighted by Gasteiger charge is 2.09. The normalized spacial score (nSPS) is 10.7. The summed E-state index contributed by atoms with van der Waals surface area (Å²) >= 11 is 2.74. The van der Waals surface area contributed by atoms with Crippen LogP contribution in [-0.2, 0) is 4.79 Å². The molecule has 0 bridgehead atoms. The molecule has 3 aromatic rings. The molecule has 0 spiro atoms. The van der Waals surface area contributed by atoms with Crippen LogP contribution in [0.15, 0.2) is 47.4 Å². The second kappa shape index (κ2) is 6.97. The van der Waals surface area contributed by atoms with E-state index in [1.807, 2.05) is 18.2 Å². The van der Waals surface area contributed by atoms with Crippen LogP contribution in [0.1, 0.15) is 0 Å². The van der Waals surface area contributed by atoms with Crippen LogP contribution in [0.4, 0.5) is 9.52 Å². The Morgan fingerprint density at radius 2 is 2.09 bits per heavy atom. The first-order valence-electron chi connectivity index (χ1n) is 6.77. The molecule has 3 rings (SSSR count). The van der Waals surface area contributed by atoms with Crippen molar-refractivity contribution in [3.8, 4) is 5.75 Å². The summed E-state index contributed by atoms with van der Waals surface area (Å²) in [7, 11) is 1.61. The van der Waals surface area contributed by atoms with Crippen molar-refractivity contribution in [1.82, 2.24) is 4.98 Å². The lowest BCUT2D eigenvalue weighted by Crippen LogP contribution is -2.13. The Kier molecular flexibility index (Phi) is 4.78. The fraction of sp³-hybridized carbons (Fsp3) is 0.125. The van der Waals surface area contributed by atoms with E-state index in [9.17, 15) is 9.18 Å². The van der Waals surface area contributed by atoms with Gasteiger partial charge in [-0.1, -0.05) is 11.3 Å². The molecule has 1 heterocycles. The molecule has 0 fully saturated rings. The molecule has 4 nitrogen and oxygen atoms in total. The molecule has 2 aromatic carbocycles. The molecule has 118 valence electrons. The molecule has 1 amide bonds. The number of aromatic nitrogens is 1. The molecule has 7 heteroatoms. The zero-order chi connectivity index (χ0) is 16.2. The number of amides is 1. The van der Waals surface area contributed by atoms with Gasteiger partial charge in [-0.25, -0.2) is 9.37 Å². The average molecular weight is 348 g/mol. The smallest absolute Gasteiger partial charge is 0.236 e. The third-order valence-electron chi connectivity index (χ3n) is 3.03. The number of carbonyl (C=O) groups excluding carboxylic acids is 1. The molecule has 0 unspecified atom stereocenters. The van der Waals surface area contributed by atoms with Gasteiger partial charge in [0.1, 0.15) is 11.6 Å². The van der Waals surface area contributed by atoms with Crippen LogP contribution in [0, 0.1) is 5.82 Å². The number of ether oxygens (including phenoxy) is 1. The first-order valence-corrected chi connectivity index (χ1v) is 8.57. The van der Waals surface area contributed by atoms with E-state index in [4.69, 9.17) is 4.74 Å². The van der Waals surface area contributed by atoms with Crippen LogP contribution >= 0.6 is 23.1 Å². The maximum absolute atomic E-state index is 12.8. The molecule has 0 saturated heterocycles. The molecule has 0 atom stereocenters. The first-order chi connectivity index (χ1) is 11.1. The van der Waals surface area contributed by atoms with Gasteiger partial charge in [-0.2, -0.15) is 0 Å². The van der Waals surface area contributed by atoms with E-state index in [1.165, 1.54) is 35.2 Å². The number of nitrogens with zero attached hydrogens (tertiary/aromatic N) is 1. The second-order valence-corrected chi connectivity index (χ2v) is 6.72. The summed E-state index contributed by atoms with van der Waals surface area (Å²) < 4.78 is 18.9. The molecule has 0 saturated carbocycles. The van der Waals surface area contributed by atoms with Gasteiger partial charge < -0.3 is 10.1 Å². The van der Waals surface area contributed by atoms with E-state index >= 15 is 0 Å². The largest absolute Gasteiger partial charge is 0.497 e. The number of thioether (sulfide) groups is 1. The maximum atomic E-state index is 12.8. The predicted molar refractivity (Wildman–Crippen MR) is 91.9 cm³/mol. The Hall–Kier alpha value is -2.12. The van der Waals surface area contributed by atoms with Gasteiger partial charge in [0.05, 0.1) is 23.1 Å². The lowest BCUT2D eigenvalue weighted by atomic mass is 10.3. The number of carbonyl (C=O) groups is 1. The summed E-state index contributed by atoms with van der Waals surface area (Å²) in [5, 5.41) is 3.34. The fourth-order valence-electron chi connectivity index (χ4n) is 1.92. The Morgan fingerprint density at radius 1 is 1.30 bits per heavy atom. The summed E-state index contributed by atoms with van der Waals surface area (Å²) in [4.78, 5) is 17.2. The summed E-state index contributed by atoms with van der Waals surface area (Å²) in [5.41, 5.74) is 0.817. The molecule has 0 aliphatic carbocycles. The van der Waals surface area contributed by atoms with Crippen LogP contribution in [0.2, 0.25) is 0 Å². The van der Waals surface area contributed by atoms with Gasteiger partial charge in [0.25, 0.3) is 0 Å². The molecule has 1 N–H and O–H groups in total. The fourth-order valence-corrected chi connectivity index (χ4v) is 3.53. The van der Waals surface area contributed by atoms with Crippen LogP contribution in [0.25, 0.3) is 10.2 Å². The van der Waals surface area contributed by atoms with E-state index in [0.29, 0.717) is 5.13 Å². The highest BCUT2D eigenvalue weighted by molar-refractivity contribution is 8.00. The minimum atomic E-state index is -0.288. The van der Waals surface area contributed by atoms with Gasteiger partial charge in [0, 0.05) is 4.90 Å². The average Bonchev–Trinajstić information content (AvgIpc) is 2.95. The van der Waals surface area contributed by atoms with Crippen molar-refractivity contribution in [2.45, 2.75) is 4.90 Å². The number of rotatable bonds is 5. The standard InChI is InChI=1S/C16H13FN2O2S2/c1-21-11-4-7-13-14(8-11)23-16(18-13)19-15(20)9-22-12-5-2-10(17)3-6-12/h2-8H,9H2,1H3,(H,18,19,20). The van der Waals surface area contributed by atoms with Crippen molar-refractivity contribution < 1.29 is 13.9 Å². The van der Waals surface area contributed by atoms with Crippen molar-refractivity contribution in [3.05, 3.63) is 48.3 Å². The number of benzene rings is 2. The number of nitrogens with one attached hydrogen (secondary N) is 1. The van der Waals surface area contributed by atoms with E-state index in [-0.39, 0.29) is 17.5 Å². The van der Waals surface area contributed by atoms with Gasteiger partial charge in [-0.15, -0.1) is 11.8 Å². The molecule has 0 aliphatic rings. The highest BCUT2D eigenvalue weighted by Crippen LogP contribution is 2.29. The van der Waals surface area contributed by atoms with Crippen LogP contribution in [-0.4, -0.2) is 23.8 Å². The number of halogens is 1. The Morgan fingerprint density at radius 3 is 2.83 bits per heavy atom. The van der Waals surface area contributed by atoms with Crippen LogP contribution in [0.5, 0.6) is 5.75 Å². The zero-order valence-corrected chi connectivity index (χ0v) is 13.8. The molecule has 0 aliphatic heterocycles. The third-order valence-corrected chi connectivity index (χ3v) is 4.97. The maximum Gasteiger partial charge on any atom is 0.236 e. The first kappa shape index (κ1) is 15.8. The number of anilines is 1. The molecule has 0 radical (unpaired) electrons. The number of thiazole rings is 1.